The van der Waals surface area contributed by atoms with Gasteiger partial charge in [0.2, 0.25) is 5.91 Å². The zero-order valence-corrected chi connectivity index (χ0v) is 12.4. The summed E-state index contributed by atoms with van der Waals surface area (Å²) in [5.41, 5.74) is 6.86. The van der Waals surface area contributed by atoms with Crippen LogP contribution < -0.4 is 11.3 Å². The molecular formula is C16H18N4O2. The van der Waals surface area contributed by atoms with Gasteiger partial charge in [0, 0.05) is 42.4 Å². The third-order valence-electron chi connectivity index (χ3n) is 4.29. The van der Waals surface area contributed by atoms with Crippen LogP contribution in [-0.2, 0) is 11.3 Å². The maximum Gasteiger partial charge on any atom is 0.254 e. The van der Waals surface area contributed by atoms with E-state index in [0.29, 0.717) is 24.5 Å². The monoisotopic (exact) mass is 298 g/mol. The predicted molar refractivity (Wildman–Crippen MR) is 82.1 cm³/mol. The van der Waals surface area contributed by atoms with Crippen molar-refractivity contribution in [3.8, 4) is 11.3 Å². The fourth-order valence-electron chi connectivity index (χ4n) is 3.05. The standard InChI is InChI=1S/C16H18N4O2/c1-10-12(15(17)22)3-2-8-20-14(21)9-13(19-16(10)20)11-4-6-18-7-5-11/h4-7,9-10,12H,2-3,8H2,1H3,(H2,17,22). The molecule has 3 rings (SSSR count). The molecule has 0 spiro atoms. The van der Waals surface area contributed by atoms with Gasteiger partial charge in [0.1, 0.15) is 5.82 Å². The number of hydrogen-bond acceptors (Lipinski definition) is 4. The van der Waals surface area contributed by atoms with Crippen LogP contribution in [0.4, 0.5) is 0 Å². The van der Waals surface area contributed by atoms with Gasteiger partial charge in [-0.05, 0) is 25.0 Å². The van der Waals surface area contributed by atoms with Gasteiger partial charge in [-0.15, -0.1) is 0 Å². The number of primary amides is 1. The van der Waals surface area contributed by atoms with Gasteiger partial charge in [-0.2, -0.15) is 0 Å². The molecule has 0 saturated heterocycles. The van der Waals surface area contributed by atoms with Gasteiger partial charge in [-0.3, -0.25) is 19.1 Å². The number of aromatic nitrogens is 3. The molecule has 2 N–H and O–H groups in total. The first-order chi connectivity index (χ1) is 10.6. The quantitative estimate of drug-likeness (QED) is 0.904. The van der Waals surface area contributed by atoms with Crippen molar-refractivity contribution in [1.29, 1.82) is 0 Å². The summed E-state index contributed by atoms with van der Waals surface area (Å²) in [5.74, 6) is -0.145. The molecule has 1 aliphatic rings. The number of carbonyl (C=O) groups is 1. The van der Waals surface area contributed by atoms with E-state index in [1.165, 1.54) is 6.07 Å². The van der Waals surface area contributed by atoms with Gasteiger partial charge in [0.05, 0.1) is 5.69 Å². The van der Waals surface area contributed by atoms with Gasteiger partial charge >= 0.3 is 0 Å². The highest BCUT2D eigenvalue weighted by Crippen LogP contribution is 2.30. The molecule has 0 radical (unpaired) electrons. The van der Waals surface area contributed by atoms with E-state index in [9.17, 15) is 9.59 Å². The normalized spacial score (nSPS) is 21.0. The van der Waals surface area contributed by atoms with Crippen molar-refractivity contribution in [3.05, 3.63) is 46.8 Å². The van der Waals surface area contributed by atoms with Crippen molar-refractivity contribution in [2.24, 2.45) is 11.7 Å². The second-order valence-corrected chi connectivity index (χ2v) is 5.67. The molecule has 0 bridgehead atoms. The van der Waals surface area contributed by atoms with Crippen molar-refractivity contribution >= 4 is 5.91 Å². The van der Waals surface area contributed by atoms with Crippen LogP contribution in [0.15, 0.2) is 35.4 Å². The molecule has 3 heterocycles. The molecule has 6 nitrogen and oxygen atoms in total. The molecule has 22 heavy (non-hydrogen) atoms. The molecular weight excluding hydrogens is 280 g/mol. The van der Waals surface area contributed by atoms with Crippen molar-refractivity contribution in [3.63, 3.8) is 0 Å². The molecule has 114 valence electrons. The highest BCUT2D eigenvalue weighted by molar-refractivity contribution is 5.77. The van der Waals surface area contributed by atoms with Crippen LogP contribution >= 0.6 is 0 Å². The van der Waals surface area contributed by atoms with E-state index < -0.39 is 0 Å². The Kier molecular flexibility index (Phi) is 3.75. The van der Waals surface area contributed by atoms with Gasteiger partial charge < -0.3 is 5.73 Å². The van der Waals surface area contributed by atoms with E-state index in [2.05, 4.69) is 9.97 Å². The van der Waals surface area contributed by atoms with Gasteiger partial charge in [-0.25, -0.2) is 4.98 Å². The third kappa shape index (κ3) is 2.52. The second-order valence-electron chi connectivity index (χ2n) is 5.67. The third-order valence-corrected chi connectivity index (χ3v) is 4.29. The number of nitrogens with two attached hydrogens (primary N) is 1. The van der Waals surface area contributed by atoms with E-state index in [4.69, 9.17) is 5.73 Å². The van der Waals surface area contributed by atoms with Crippen LogP contribution in [-0.4, -0.2) is 20.4 Å². The average Bonchev–Trinajstić information content (AvgIpc) is 2.68. The largest absolute Gasteiger partial charge is 0.369 e. The van der Waals surface area contributed by atoms with Crippen LogP contribution in [0.5, 0.6) is 0 Å². The topological polar surface area (TPSA) is 90.9 Å². The Morgan fingerprint density at radius 2 is 2.09 bits per heavy atom. The summed E-state index contributed by atoms with van der Waals surface area (Å²) in [4.78, 5) is 32.7. The number of fused-ring (bicyclic) bond motifs is 1. The number of nitrogens with zero attached hydrogens (tertiary/aromatic N) is 3. The minimum Gasteiger partial charge on any atom is -0.369 e. The van der Waals surface area contributed by atoms with Crippen molar-refractivity contribution in [1.82, 2.24) is 14.5 Å². The van der Waals surface area contributed by atoms with Gasteiger partial charge in [-0.1, -0.05) is 6.92 Å². The zero-order chi connectivity index (χ0) is 15.7. The SMILES string of the molecule is CC1c2nc(-c3ccncc3)cc(=O)n2CCCC1C(N)=O. The van der Waals surface area contributed by atoms with Crippen molar-refractivity contribution in [2.75, 3.05) is 0 Å². The maximum atomic E-state index is 12.4. The summed E-state index contributed by atoms with van der Waals surface area (Å²) in [7, 11) is 0. The lowest BCUT2D eigenvalue weighted by Gasteiger charge is -2.19. The Bertz CT molecular complexity index is 754. The highest BCUT2D eigenvalue weighted by atomic mass is 16.1. The van der Waals surface area contributed by atoms with E-state index >= 15 is 0 Å². The van der Waals surface area contributed by atoms with E-state index in [0.717, 1.165) is 12.0 Å². The summed E-state index contributed by atoms with van der Waals surface area (Å²) in [6.07, 6.45) is 4.76. The fourth-order valence-corrected chi connectivity index (χ4v) is 3.05. The van der Waals surface area contributed by atoms with Gasteiger partial charge in [0.25, 0.3) is 5.56 Å². The Labute approximate surface area is 128 Å². The van der Waals surface area contributed by atoms with E-state index in [1.807, 2.05) is 19.1 Å². The van der Waals surface area contributed by atoms with Crippen LogP contribution in [0.2, 0.25) is 0 Å². The molecule has 2 aromatic rings. The molecule has 0 fully saturated rings. The predicted octanol–water partition coefficient (Wildman–Crippen LogP) is 1.30. The van der Waals surface area contributed by atoms with Crippen molar-refractivity contribution in [2.45, 2.75) is 32.2 Å². The first-order valence-corrected chi connectivity index (χ1v) is 7.39. The summed E-state index contributed by atoms with van der Waals surface area (Å²) in [6.45, 7) is 2.49. The molecule has 2 aromatic heterocycles. The first-order valence-electron chi connectivity index (χ1n) is 7.39. The van der Waals surface area contributed by atoms with Crippen LogP contribution in [0.1, 0.15) is 31.5 Å². The summed E-state index contributed by atoms with van der Waals surface area (Å²) >= 11 is 0. The second kappa shape index (κ2) is 5.71. The van der Waals surface area contributed by atoms with Crippen LogP contribution in [0.3, 0.4) is 0 Å². The number of carbonyl (C=O) groups excluding carboxylic acids is 1. The minimum atomic E-state index is -0.329. The first kappa shape index (κ1) is 14.4. The lowest BCUT2D eigenvalue weighted by atomic mass is 9.89. The molecule has 2 unspecified atom stereocenters. The molecule has 6 heteroatoms. The maximum absolute atomic E-state index is 12.4. The lowest BCUT2D eigenvalue weighted by molar-refractivity contribution is -0.122. The molecule has 0 aromatic carbocycles. The minimum absolute atomic E-state index is 0.0891. The Morgan fingerprint density at radius 3 is 2.77 bits per heavy atom. The van der Waals surface area contributed by atoms with E-state index in [1.54, 1.807) is 17.0 Å². The zero-order valence-electron chi connectivity index (χ0n) is 12.4. The lowest BCUT2D eigenvalue weighted by Crippen LogP contribution is -2.30. The smallest absolute Gasteiger partial charge is 0.254 e. The summed E-state index contributed by atoms with van der Waals surface area (Å²) in [5, 5.41) is 0. The Hall–Kier alpha value is -2.50. The number of pyridine rings is 1. The molecule has 1 amide bonds. The Balaban J connectivity index is 2.14. The van der Waals surface area contributed by atoms with E-state index in [-0.39, 0.29) is 23.3 Å². The fraction of sp³-hybridized carbons (Fsp3) is 0.375. The Morgan fingerprint density at radius 1 is 1.36 bits per heavy atom. The molecule has 0 aliphatic carbocycles. The number of hydrogen-bond donors (Lipinski definition) is 1. The summed E-state index contributed by atoms with van der Waals surface area (Å²) < 4.78 is 1.66. The average molecular weight is 298 g/mol. The highest BCUT2D eigenvalue weighted by Gasteiger charge is 2.30. The van der Waals surface area contributed by atoms with Crippen LogP contribution in [0.25, 0.3) is 11.3 Å². The number of rotatable bonds is 2. The van der Waals surface area contributed by atoms with Crippen LogP contribution in [0, 0.1) is 5.92 Å². The summed E-state index contributed by atoms with van der Waals surface area (Å²) in [6, 6.07) is 5.16. The molecule has 0 saturated carbocycles. The van der Waals surface area contributed by atoms with Gasteiger partial charge in [0.15, 0.2) is 0 Å². The molecule has 2 atom stereocenters. The van der Waals surface area contributed by atoms with Crippen molar-refractivity contribution < 1.29 is 4.79 Å². The number of amides is 1. The molecule has 1 aliphatic heterocycles.